The van der Waals surface area contributed by atoms with Crippen LogP contribution in [0, 0.1) is 10.1 Å². The van der Waals surface area contributed by atoms with Crippen molar-refractivity contribution < 1.29 is 9.66 Å². The first-order valence-corrected chi connectivity index (χ1v) is 8.05. The van der Waals surface area contributed by atoms with Gasteiger partial charge in [0.2, 0.25) is 5.82 Å². The van der Waals surface area contributed by atoms with Gasteiger partial charge in [0.1, 0.15) is 12.1 Å². The van der Waals surface area contributed by atoms with Gasteiger partial charge in [-0.2, -0.15) is 4.98 Å². The first kappa shape index (κ1) is 17.0. The SMILES string of the molecule is CN1CCC(N(C)c2ncnc(Oc3cccnc3)c2[N+](=O)[O-])CC1. The molecule has 3 heterocycles. The van der Waals surface area contributed by atoms with Crippen LogP contribution in [0.5, 0.6) is 11.6 Å². The Bertz CT molecular complexity index is 734. The van der Waals surface area contributed by atoms with Crippen LogP contribution in [-0.2, 0) is 0 Å². The largest absolute Gasteiger partial charge is 0.432 e. The number of nitro groups is 1. The van der Waals surface area contributed by atoms with Gasteiger partial charge in [0, 0.05) is 19.3 Å². The van der Waals surface area contributed by atoms with E-state index in [-0.39, 0.29) is 23.4 Å². The lowest BCUT2D eigenvalue weighted by Gasteiger charge is -2.35. The summed E-state index contributed by atoms with van der Waals surface area (Å²) in [6.07, 6.45) is 6.21. The summed E-state index contributed by atoms with van der Waals surface area (Å²) in [6.45, 7) is 1.90. The van der Waals surface area contributed by atoms with Gasteiger partial charge in [0.05, 0.1) is 11.1 Å². The van der Waals surface area contributed by atoms with E-state index in [1.54, 1.807) is 18.3 Å². The van der Waals surface area contributed by atoms with E-state index >= 15 is 0 Å². The Kier molecular flexibility index (Phi) is 5.03. The van der Waals surface area contributed by atoms with E-state index < -0.39 is 4.92 Å². The summed E-state index contributed by atoms with van der Waals surface area (Å²) in [6, 6.07) is 3.55. The third-order valence-corrected chi connectivity index (χ3v) is 4.37. The van der Waals surface area contributed by atoms with Gasteiger partial charge in [0.15, 0.2) is 0 Å². The van der Waals surface area contributed by atoms with Crippen LogP contribution in [-0.4, -0.2) is 58.0 Å². The Hall–Kier alpha value is -2.81. The van der Waals surface area contributed by atoms with E-state index in [2.05, 4.69) is 26.9 Å². The fourth-order valence-corrected chi connectivity index (χ4v) is 2.92. The summed E-state index contributed by atoms with van der Waals surface area (Å²) in [5, 5.41) is 11.7. The second-order valence-electron chi connectivity index (χ2n) is 6.04. The Labute approximate surface area is 145 Å². The highest BCUT2D eigenvalue weighted by Crippen LogP contribution is 2.36. The number of pyridine rings is 1. The van der Waals surface area contributed by atoms with E-state index in [1.165, 1.54) is 12.5 Å². The van der Waals surface area contributed by atoms with Gasteiger partial charge in [-0.25, -0.2) is 4.98 Å². The van der Waals surface area contributed by atoms with Crippen molar-refractivity contribution in [2.75, 3.05) is 32.1 Å². The number of rotatable bonds is 5. The molecule has 0 aliphatic carbocycles. The molecule has 0 saturated carbocycles. The number of hydrogen-bond donors (Lipinski definition) is 0. The summed E-state index contributed by atoms with van der Waals surface area (Å²) in [7, 11) is 3.91. The molecule has 25 heavy (non-hydrogen) atoms. The number of nitrogens with zero attached hydrogens (tertiary/aromatic N) is 6. The minimum Gasteiger partial charge on any atom is -0.432 e. The normalized spacial score (nSPS) is 15.8. The summed E-state index contributed by atoms with van der Waals surface area (Å²) < 4.78 is 5.58. The van der Waals surface area contributed by atoms with Gasteiger partial charge in [-0.15, -0.1) is 0 Å². The third kappa shape index (κ3) is 3.82. The maximum atomic E-state index is 11.7. The van der Waals surface area contributed by atoms with Crippen molar-refractivity contribution in [1.29, 1.82) is 0 Å². The van der Waals surface area contributed by atoms with Crippen LogP contribution >= 0.6 is 0 Å². The van der Waals surface area contributed by atoms with Crippen molar-refractivity contribution in [3.8, 4) is 11.6 Å². The number of likely N-dealkylation sites (tertiary alicyclic amines) is 1. The van der Waals surface area contributed by atoms with Gasteiger partial charge in [-0.05, 0) is 45.1 Å². The molecule has 2 aromatic heterocycles. The molecule has 0 radical (unpaired) electrons. The molecule has 9 nitrogen and oxygen atoms in total. The van der Waals surface area contributed by atoms with Crippen molar-refractivity contribution >= 4 is 11.5 Å². The van der Waals surface area contributed by atoms with Crippen molar-refractivity contribution in [3.05, 3.63) is 41.0 Å². The van der Waals surface area contributed by atoms with Crippen LogP contribution < -0.4 is 9.64 Å². The average molecular weight is 344 g/mol. The Morgan fingerprint density at radius 2 is 2.12 bits per heavy atom. The Balaban J connectivity index is 1.91. The van der Waals surface area contributed by atoms with Crippen LogP contribution in [0.3, 0.4) is 0 Å². The molecule has 9 heteroatoms. The standard InChI is InChI=1S/C16H20N6O3/c1-20-8-5-12(6-9-20)21(2)15-14(22(23)24)16(19-11-18-15)25-13-4-3-7-17-10-13/h3-4,7,10-12H,5-6,8-9H2,1-2H3. The number of aromatic nitrogens is 3. The van der Waals surface area contributed by atoms with E-state index in [1.807, 2.05) is 11.9 Å². The highest BCUT2D eigenvalue weighted by Gasteiger charge is 2.31. The molecule has 0 amide bonds. The molecular formula is C16H20N6O3. The Morgan fingerprint density at radius 3 is 2.76 bits per heavy atom. The molecule has 1 aliphatic rings. The van der Waals surface area contributed by atoms with Gasteiger partial charge in [-0.1, -0.05) is 0 Å². The van der Waals surface area contributed by atoms with Crippen molar-refractivity contribution in [2.45, 2.75) is 18.9 Å². The number of hydrogen-bond acceptors (Lipinski definition) is 8. The fourth-order valence-electron chi connectivity index (χ4n) is 2.92. The van der Waals surface area contributed by atoms with Crippen molar-refractivity contribution in [1.82, 2.24) is 19.9 Å². The topological polar surface area (TPSA) is 97.5 Å². The van der Waals surface area contributed by atoms with Gasteiger partial charge < -0.3 is 14.5 Å². The van der Waals surface area contributed by atoms with E-state index in [4.69, 9.17) is 4.74 Å². The molecular weight excluding hydrogens is 324 g/mol. The molecule has 0 aromatic carbocycles. The van der Waals surface area contributed by atoms with Crippen molar-refractivity contribution in [2.24, 2.45) is 0 Å². The second kappa shape index (κ2) is 7.39. The van der Waals surface area contributed by atoms with E-state index in [0.717, 1.165) is 25.9 Å². The number of anilines is 1. The van der Waals surface area contributed by atoms with Crippen LogP contribution in [0.4, 0.5) is 11.5 Å². The lowest BCUT2D eigenvalue weighted by Crippen LogP contribution is -2.42. The highest BCUT2D eigenvalue weighted by atomic mass is 16.6. The van der Waals surface area contributed by atoms with E-state index in [9.17, 15) is 10.1 Å². The summed E-state index contributed by atoms with van der Waals surface area (Å²) >= 11 is 0. The molecule has 1 aliphatic heterocycles. The zero-order valence-electron chi connectivity index (χ0n) is 14.2. The highest BCUT2D eigenvalue weighted by molar-refractivity contribution is 5.63. The molecule has 2 aromatic rings. The summed E-state index contributed by atoms with van der Waals surface area (Å²) in [5.74, 6) is 0.577. The molecule has 3 rings (SSSR count). The van der Waals surface area contributed by atoms with Crippen LogP contribution in [0.15, 0.2) is 30.9 Å². The summed E-state index contributed by atoms with van der Waals surface area (Å²) in [4.78, 5) is 27.3. The molecule has 0 N–H and O–H groups in total. The number of piperidine rings is 1. The maximum Gasteiger partial charge on any atom is 0.373 e. The second-order valence-corrected chi connectivity index (χ2v) is 6.04. The van der Waals surface area contributed by atoms with Crippen LogP contribution in [0.2, 0.25) is 0 Å². The molecule has 0 unspecified atom stereocenters. The van der Waals surface area contributed by atoms with Crippen LogP contribution in [0.25, 0.3) is 0 Å². The summed E-state index contributed by atoms with van der Waals surface area (Å²) in [5.41, 5.74) is -0.229. The molecule has 0 bridgehead atoms. The minimum atomic E-state index is -0.494. The van der Waals surface area contributed by atoms with Crippen molar-refractivity contribution in [3.63, 3.8) is 0 Å². The lowest BCUT2D eigenvalue weighted by molar-refractivity contribution is -0.385. The molecule has 0 spiro atoms. The Morgan fingerprint density at radius 1 is 1.36 bits per heavy atom. The minimum absolute atomic E-state index is 0.0808. The van der Waals surface area contributed by atoms with Gasteiger partial charge in [-0.3, -0.25) is 15.1 Å². The monoisotopic (exact) mass is 344 g/mol. The average Bonchev–Trinajstić information content (AvgIpc) is 2.62. The maximum absolute atomic E-state index is 11.7. The molecule has 0 atom stereocenters. The smallest absolute Gasteiger partial charge is 0.373 e. The lowest BCUT2D eigenvalue weighted by atomic mass is 10.0. The zero-order valence-corrected chi connectivity index (χ0v) is 14.2. The fraction of sp³-hybridized carbons (Fsp3) is 0.438. The predicted octanol–water partition coefficient (Wildman–Crippen LogP) is 2.10. The predicted molar refractivity (Wildman–Crippen MR) is 91.9 cm³/mol. The zero-order chi connectivity index (χ0) is 17.8. The first-order valence-electron chi connectivity index (χ1n) is 8.05. The molecule has 1 fully saturated rings. The van der Waals surface area contributed by atoms with Gasteiger partial charge in [0.25, 0.3) is 0 Å². The number of ether oxygens (including phenoxy) is 1. The third-order valence-electron chi connectivity index (χ3n) is 4.37. The van der Waals surface area contributed by atoms with Crippen LogP contribution in [0.1, 0.15) is 12.8 Å². The molecule has 1 saturated heterocycles. The van der Waals surface area contributed by atoms with E-state index in [0.29, 0.717) is 5.75 Å². The molecule has 132 valence electrons. The first-order chi connectivity index (χ1) is 12.1. The quantitative estimate of drug-likeness (QED) is 0.601. The van der Waals surface area contributed by atoms with Gasteiger partial charge >= 0.3 is 11.6 Å².